The minimum Gasteiger partial charge on any atom is -0.497 e. The van der Waals surface area contributed by atoms with E-state index in [-0.39, 0.29) is 11.7 Å². The van der Waals surface area contributed by atoms with Gasteiger partial charge in [-0.1, -0.05) is 0 Å². The molecule has 1 aromatic carbocycles. The van der Waals surface area contributed by atoms with Gasteiger partial charge < -0.3 is 9.64 Å². The molecule has 0 radical (unpaired) electrons. The maximum Gasteiger partial charge on any atom is 0.179 e. The number of methoxy groups -OCH3 is 1. The molecule has 1 aromatic rings. The highest BCUT2D eigenvalue weighted by Crippen LogP contribution is 2.41. The maximum atomic E-state index is 12.3. The summed E-state index contributed by atoms with van der Waals surface area (Å²) in [5.74, 6) is 1.10. The van der Waals surface area contributed by atoms with E-state index in [0.717, 1.165) is 24.3 Å². The topological polar surface area (TPSA) is 46.6 Å². The van der Waals surface area contributed by atoms with Crippen LogP contribution in [0.3, 0.4) is 0 Å². The van der Waals surface area contributed by atoms with Gasteiger partial charge in [0.2, 0.25) is 0 Å². The molecule has 0 N–H and O–H groups in total. The van der Waals surface area contributed by atoms with Crippen molar-refractivity contribution in [3.8, 4) is 5.75 Å². The number of hydrogen-bond donors (Lipinski definition) is 0. The summed E-state index contributed by atoms with van der Waals surface area (Å²) in [7, 11) is 0.636. The van der Waals surface area contributed by atoms with Crippen LogP contribution in [0.15, 0.2) is 23.1 Å². The van der Waals surface area contributed by atoms with Crippen LogP contribution in [0, 0.1) is 0 Å². The van der Waals surface area contributed by atoms with Crippen molar-refractivity contribution in [2.45, 2.75) is 36.1 Å². The van der Waals surface area contributed by atoms with Crippen molar-refractivity contribution in [2.75, 3.05) is 26.5 Å². The van der Waals surface area contributed by atoms with Crippen LogP contribution in [0.25, 0.3) is 0 Å². The van der Waals surface area contributed by atoms with Crippen LogP contribution >= 0.6 is 0 Å². The normalized spacial score (nSPS) is 28.5. The molecule has 0 aliphatic carbocycles. The molecule has 0 saturated carbocycles. The molecule has 5 heteroatoms. The smallest absolute Gasteiger partial charge is 0.179 e. The number of ether oxygens (including phenoxy) is 1. The Hall–Kier alpha value is -1.07. The highest BCUT2D eigenvalue weighted by molar-refractivity contribution is 7.91. The number of likely N-dealkylation sites (tertiary alicyclic amines) is 1. The Labute approximate surface area is 120 Å². The predicted molar refractivity (Wildman–Crippen MR) is 78.1 cm³/mol. The van der Waals surface area contributed by atoms with E-state index in [1.807, 2.05) is 6.07 Å². The van der Waals surface area contributed by atoms with Gasteiger partial charge in [0, 0.05) is 12.0 Å². The lowest BCUT2D eigenvalue weighted by Crippen LogP contribution is -2.27. The van der Waals surface area contributed by atoms with Gasteiger partial charge in [-0.05, 0) is 56.6 Å². The average Bonchev–Trinajstić information content (AvgIpc) is 2.92. The van der Waals surface area contributed by atoms with E-state index < -0.39 is 9.84 Å². The minimum absolute atomic E-state index is 0.107. The van der Waals surface area contributed by atoms with Gasteiger partial charge in [-0.25, -0.2) is 8.42 Å². The molecule has 0 spiro atoms. The third-order valence-electron chi connectivity index (χ3n) is 4.64. The van der Waals surface area contributed by atoms with E-state index in [4.69, 9.17) is 4.74 Å². The highest BCUT2D eigenvalue weighted by Gasteiger charge is 2.37. The van der Waals surface area contributed by atoms with Gasteiger partial charge in [0.1, 0.15) is 5.75 Å². The maximum absolute atomic E-state index is 12.3. The van der Waals surface area contributed by atoms with E-state index in [2.05, 4.69) is 11.9 Å². The molecule has 0 aromatic heterocycles. The van der Waals surface area contributed by atoms with Crippen molar-refractivity contribution in [3.05, 3.63) is 23.8 Å². The summed E-state index contributed by atoms with van der Waals surface area (Å²) in [6.45, 7) is 1.12. The SMILES string of the molecule is COc1ccc2c(c1)[C@H](C[C@H]1CCCN1C)CS2(=O)=O. The fourth-order valence-corrected chi connectivity index (χ4v) is 5.39. The lowest BCUT2D eigenvalue weighted by molar-refractivity contribution is 0.285. The molecule has 2 aliphatic heterocycles. The Kier molecular flexibility index (Phi) is 3.50. The number of hydrogen-bond acceptors (Lipinski definition) is 4. The summed E-state index contributed by atoms with van der Waals surface area (Å²) in [4.78, 5) is 2.86. The molecule has 2 atom stereocenters. The second kappa shape index (κ2) is 5.04. The van der Waals surface area contributed by atoms with Crippen LogP contribution in [-0.2, 0) is 9.84 Å². The second-order valence-electron chi connectivity index (χ2n) is 5.89. The first kappa shape index (κ1) is 13.9. The third kappa shape index (κ3) is 2.33. The first-order valence-corrected chi connectivity index (χ1v) is 8.77. The highest BCUT2D eigenvalue weighted by atomic mass is 32.2. The molecule has 2 heterocycles. The van der Waals surface area contributed by atoms with E-state index >= 15 is 0 Å². The van der Waals surface area contributed by atoms with Crippen LogP contribution in [-0.4, -0.2) is 45.8 Å². The Balaban J connectivity index is 1.91. The lowest BCUT2D eigenvalue weighted by Gasteiger charge is -2.22. The van der Waals surface area contributed by atoms with E-state index in [9.17, 15) is 8.42 Å². The fraction of sp³-hybridized carbons (Fsp3) is 0.600. The van der Waals surface area contributed by atoms with Crippen molar-refractivity contribution in [3.63, 3.8) is 0 Å². The van der Waals surface area contributed by atoms with Crippen molar-refractivity contribution >= 4 is 9.84 Å². The summed E-state index contributed by atoms with van der Waals surface area (Å²) >= 11 is 0. The first-order chi connectivity index (χ1) is 9.51. The third-order valence-corrected chi connectivity index (χ3v) is 6.52. The van der Waals surface area contributed by atoms with E-state index in [1.54, 1.807) is 19.2 Å². The van der Waals surface area contributed by atoms with Gasteiger partial charge in [0.15, 0.2) is 9.84 Å². The molecule has 4 nitrogen and oxygen atoms in total. The molecule has 1 saturated heterocycles. The van der Waals surface area contributed by atoms with Crippen LogP contribution < -0.4 is 4.74 Å². The standard InChI is InChI=1S/C15H21NO3S/c1-16-7-3-4-12(16)8-11-10-20(17,18)15-6-5-13(19-2)9-14(11)15/h5-6,9,11-12H,3-4,7-8,10H2,1-2H3/t11-,12-/m1/s1. The number of benzene rings is 1. The van der Waals surface area contributed by atoms with Gasteiger partial charge in [-0.2, -0.15) is 0 Å². The average molecular weight is 295 g/mol. The van der Waals surface area contributed by atoms with Gasteiger partial charge in [0.25, 0.3) is 0 Å². The largest absolute Gasteiger partial charge is 0.497 e. The molecule has 20 heavy (non-hydrogen) atoms. The summed E-state index contributed by atoms with van der Waals surface area (Å²) < 4.78 is 29.8. The molecule has 1 fully saturated rings. The molecular formula is C15H21NO3S. The minimum atomic E-state index is -3.11. The molecule has 0 amide bonds. The number of sulfone groups is 1. The Morgan fingerprint density at radius 2 is 2.20 bits per heavy atom. The van der Waals surface area contributed by atoms with Crippen LogP contribution in [0.4, 0.5) is 0 Å². The molecule has 0 bridgehead atoms. The second-order valence-corrected chi connectivity index (χ2v) is 7.90. The summed E-state index contributed by atoms with van der Waals surface area (Å²) in [6.07, 6.45) is 3.31. The van der Waals surface area contributed by atoms with Gasteiger partial charge in [-0.15, -0.1) is 0 Å². The molecular weight excluding hydrogens is 274 g/mol. The summed E-state index contributed by atoms with van der Waals surface area (Å²) in [5.41, 5.74) is 0.949. The summed E-state index contributed by atoms with van der Waals surface area (Å²) in [6, 6.07) is 5.84. The van der Waals surface area contributed by atoms with Crippen molar-refractivity contribution < 1.29 is 13.2 Å². The number of fused-ring (bicyclic) bond motifs is 1. The van der Waals surface area contributed by atoms with E-state index in [1.165, 1.54) is 12.8 Å². The van der Waals surface area contributed by atoms with Crippen LogP contribution in [0.1, 0.15) is 30.7 Å². The molecule has 0 unspecified atom stereocenters. The van der Waals surface area contributed by atoms with Gasteiger partial charge >= 0.3 is 0 Å². The zero-order valence-electron chi connectivity index (χ0n) is 12.0. The molecule has 110 valence electrons. The zero-order chi connectivity index (χ0) is 14.3. The monoisotopic (exact) mass is 295 g/mol. The van der Waals surface area contributed by atoms with Crippen LogP contribution in [0.5, 0.6) is 5.75 Å². The van der Waals surface area contributed by atoms with Gasteiger partial charge in [-0.3, -0.25) is 0 Å². The van der Waals surface area contributed by atoms with Crippen molar-refractivity contribution in [2.24, 2.45) is 0 Å². The summed E-state index contributed by atoms with van der Waals surface area (Å²) in [5, 5.41) is 0. The fourth-order valence-electron chi connectivity index (χ4n) is 3.50. The molecule has 3 rings (SSSR count). The van der Waals surface area contributed by atoms with Crippen LogP contribution in [0.2, 0.25) is 0 Å². The number of nitrogens with zero attached hydrogens (tertiary/aromatic N) is 1. The predicted octanol–water partition coefficient (Wildman–Crippen LogP) is 2.05. The van der Waals surface area contributed by atoms with Gasteiger partial charge in [0.05, 0.1) is 17.8 Å². The number of rotatable bonds is 3. The van der Waals surface area contributed by atoms with E-state index in [0.29, 0.717) is 10.9 Å². The Morgan fingerprint density at radius 1 is 1.40 bits per heavy atom. The first-order valence-electron chi connectivity index (χ1n) is 7.12. The lowest BCUT2D eigenvalue weighted by atomic mass is 9.93. The Bertz CT molecular complexity index is 612. The molecule has 2 aliphatic rings. The zero-order valence-corrected chi connectivity index (χ0v) is 12.8. The quantitative estimate of drug-likeness (QED) is 0.856. The van der Waals surface area contributed by atoms with Crippen molar-refractivity contribution in [1.82, 2.24) is 4.90 Å². The Morgan fingerprint density at radius 3 is 2.85 bits per heavy atom. The van der Waals surface area contributed by atoms with Crippen molar-refractivity contribution in [1.29, 1.82) is 0 Å².